The van der Waals surface area contributed by atoms with Crippen LogP contribution in [0.15, 0.2) is 6.20 Å². The lowest BCUT2D eigenvalue weighted by Crippen LogP contribution is -2.30. The van der Waals surface area contributed by atoms with Crippen molar-refractivity contribution >= 4 is 5.95 Å². The minimum absolute atomic E-state index is 0.0113. The Morgan fingerprint density at radius 3 is 2.76 bits per heavy atom. The summed E-state index contributed by atoms with van der Waals surface area (Å²) in [6.45, 7) is 1.33. The first kappa shape index (κ1) is 12.1. The molecule has 1 aromatic rings. The van der Waals surface area contributed by atoms with Gasteiger partial charge in [-0.1, -0.05) is 0 Å². The molecule has 2 heterocycles. The summed E-state index contributed by atoms with van der Waals surface area (Å²) in [4.78, 5) is 7.20. The van der Waals surface area contributed by atoms with E-state index in [1.807, 2.05) is 0 Å². The molecule has 0 spiro atoms. The second kappa shape index (κ2) is 4.48. The zero-order valence-corrected chi connectivity index (χ0v) is 9.09. The van der Waals surface area contributed by atoms with Crippen molar-refractivity contribution in [3.63, 3.8) is 0 Å². The fraction of sp³-hybridized carbons (Fsp3) is 0.600. The van der Waals surface area contributed by atoms with Gasteiger partial charge in [0.1, 0.15) is 0 Å². The fourth-order valence-corrected chi connectivity index (χ4v) is 2.02. The average molecular weight is 246 g/mol. The Morgan fingerprint density at radius 1 is 1.41 bits per heavy atom. The van der Waals surface area contributed by atoms with Gasteiger partial charge < -0.3 is 11.1 Å². The van der Waals surface area contributed by atoms with Gasteiger partial charge in [-0.05, 0) is 19.4 Å². The maximum Gasteiger partial charge on any atom is 0.419 e. The topological polar surface area (TPSA) is 63.8 Å². The van der Waals surface area contributed by atoms with E-state index in [9.17, 15) is 13.2 Å². The standard InChI is InChI=1S/C10H13F3N4/c11-10(12,13)7-5-16-9(14)17-8(7)6-2-1-3-15-4-6/h5-6,15H,1-4H2,(H2,14,16,17)/t6-/m0/s1. The predicted molar refractivity (Wildman–Crippen MR) is 56.3 cm³/mol. The number of aromatic nitrogens is 2. The first-order valence-electron chi connectivity index (χ1n) is 5.39. The minimum Gasteiger partial charge on any atom is -0.368 e. The SMILES string of the molecule is Nc1ncc(C(F)(F)F)c([C@H]2CCCNC2)n1. The molecule has 1 aliphatic heterocycles. The Morgan fingerprint density at radius 2 is 2.18 bits per heavy atom. The molecule has 0 unspecified atom stereocenters. The van der Waals surface area contributed by atoms with Gasteiger partial charge in [-0.3, -0.25) is 0 Å². The number of piperidine rings is 1. The van der Waals surface area contributed by atoms with Crippen molar-refractivity contribution in [1.29, 1.82) is 0 Å². The highest BCUT2D eigenvalue weighted by atomic mass is 19.4. The van der Waals surface area contributed by atoms with Crippen LogP contribution in [0.4, 0.5) is 19.1 Å². The fourth-order valence-electron chi connectivity index (χ4n) is 2.02. The molecule has 17 heavy (non-hydrogen) atoms. The van der Waals surface area contributed by atoms with Crippen LogP contribution in [0, 0.1) is 0 Å². The Bertz CT molecular complexity index is 399. The van der Waals surface area contributed by atoms with Gasteiger partial charge in [0.25, 0.3) is 0 Å². The Balaban J connectivity index is 2.39. The number of rotatable bonds is 1. The highest BCUT2D eigenvalue weighted by molar-refractivity contribution is 5.30. The summed E-state index contributed by atoms with van der Waals surface area (Å²) in [7, 11) is 0. The Kier molecular flexibility index (Phi) is 3.19. The van der Waals surface area contributed by atoms with E-state index in [1.165, 1.54) is 0 Å². The predicted octanol–water partition coefficient (Wildman–Crippen LogP) is 1.54. The van der Waals surface area contributed by atoms with Crippen molar-refractivity contribution in [1.82, 2.24) is 15.3 Å². The molecule has 1 aliphatic rings. The number of nitrogen functional groups attached to an aromatic ring is 1. The largest absolute Gasteiger partial charge is 0.419 e. The highest BCUT2D eigenvalue weighted by Crippen LogP contribution is 2.35. The van der Waals surface area contributed by atoms with Crippen molar-refractivity contribution in [2.24, 2.45) is 0 Å². The number of alkyl halides is 3. The van der Waals surface area contributed by atoms with Crippen molar-refractivity contribution in [2.45, 2.75) is 24.9 Å². The molecular weight excluding hydrogens is 233 g/mol. The van der Waals surface area contributed by atoms with E-state index >= 15 is 0 Å². The number of halogens is 3. The summed E-state index contributed by atoms with van der Waals surface area (Å²) in [5, 5.41) is 3.06. The van der Waals surface area contributed by atoms with Gasteiger partial charge in [-0.2, -0.15) is 13.2 Å². The Labute approximate surface area is 96.4 Å². The van der Waals surface area contributed by atoms with Crippen molar-refractivity contribution in [3.05, 3.63) is 17.5 Å². The van der Waals surface area contributed by atoms with Crippen molar-refractivity contribution in [3.8, 4) is 0 Å². The molecule has 1 aromatic heterocycles. The Hall–Kier alpha value is -1.37. The molecule has 1 saturated heterocycles. The van der Waals surface area contributed by atoms with Crippen LogP contribution in [-0.2, 0) is 6.18 Å². The first-order chi connectivity index (χ1) is 7.98. The van der Waals surface area contributed by atoms with E-state index in [1.54, 1.807) is 0 Å². The summed E-state index contributed by atoms with van der Waals surface area (Å²) < 4.78 is 38.4. The van der Waals surface area contributed by atoms with Gasteiger partial charge in [0, 0.05) is 18.7 Å². The number of hydrogen-bond acceptors (Lipinski definition) is 4. The van der Waals surface area contributed by atoms with Gasteiger partial charge in [0.2, 0.25) is 5.95 Å². The number of nitrogens with two attached hydrogens (primary N) is 1. The second-order valence-corrected chi connectivity index (χ2v) is 4.07. The lowest BCUT2D eigenvalue weighted by atomic mass is 9.93. The molecule has 1 atom stereocenters. The first-order valence-corrected chi connectivity index (χ1v) is 5.39. The monoisotopic (exact) mass is 246 g/mol. The maximum absolute atomic E-state index is 12.8. The zero-order chi connectivity index (χ0) is 12.5. The summed E-state index contributed by atoms with van der Waals surface area (Å²) in [6.07, 6.45) is -2.13. The van der Waals surface area contributed by atoms with Crippen molar-refractivity contribution in [2.75, 3.05) is 18.8 Å². The molecule has 7 heteroatoms. The molecule has 94 valence electrons. The number of anilines is 1. The lowest BCUT2D eigenvalue weighted by Gasteiger charge is -2.24. The smallest absolute Gasteiger partial charge is 0.368 e. The van der Waals surface area contributed by atoms with Crippen LogP contribution in [0.5, 0.6) is 0 Å². The van der Waals surface area contributed by atoms with Crippen LogP contribution >= 0.6 is 0 Å². The van der Waals surface area contributed by atoms with E-state index < -0.39 is 11.7 Å². The third-order valence-corrected chi connectivity index (χ3v) is 2.83. The van der Waals surface area contributed by atoms with Crippen LogP contribution in [0.2, 0.25) is 0 Å². The highest BCUT2D eigenvalue weighted by Gasteiger charge is 2.37. The molecule has 0 amide bonds. The van der Waals surface area contributed by atoms with Gasteiger partial charge in [0.05, 0.1) is 11.3 Å². The van der Waals surface area contributed by atoms with Gasteiger partial charge in [0.15, 0.2) is 0 Å². The second-order valence-electron chi connectivity index (χ2n) is 4.07. The summed E-state index contributed by atoms with van der Waals surface area (Å²) in [6, 6.07) is 0. The zero-order valence-electron chi connectivity index (χ0n) is 9.09. The number of nitrogens with zero attached hydrogens (tertiary/aromatic N) is 2. The van der Waals surface area contributed by atoms with Crippen LogP contribution in [0.25, 0.3) is 0 Å². The van der Waals surface area contributed by atoms with Crippen LogP contribution < -0.4 is 11.1 Å². The molecule has 0 aromatic carbocycles. The molecule has 4 nitrogen and oxygen atoms in total. The minimum atomic E-state index is -4.43. The van der Waals surface area contributed by atoms with Crippen LogP contribution in [0.3, 0.4) is 0 Å². The molecule has 0 aliphatic carbocycles. The van der Waals surface area contributed by atoms with E-state index in [0.29, 0.717) is 13.0 Å². The van der Waals surface area contributed by atoms with E-state index in [0.717, 1.165) is 19.2 Å². The normalized spacial score (nSPS) is 21.5. The molecule has 0 saturated carbocycles. The van der Waals surface area contributed by atoms with E-state index in [4.69, 9.17) is 5.73 Å². The van der Waals surface area contributed by atoms with Crippen LogP contribution in [-0.4, -0.2) is 23.1 Å². The van der Waals surface area contributed by atoms with Crippen molar-refractivity contribution < 1.29 is 13.2 Å². The number of nitrogens with one attached hydrogen (secondary N) is 1. The molecule has 1 fully saturated rings. The summed E-state index contributed by atoms with van der Waals surface area (Å²) >= 11 is 0. The third kappa shape index (κ3) is 2.66. The molecule has 3 N–H and O–H groups in total. The summed E-state index contributed by atoms with van der Waals surface area (Å²) in [5.74, 6) is -0.357. The molecule has 2 rings (SSSR count). The summed E-state index contributed by atoms with van der Waals surface area (Å²) in [5.41, 5.74) is 4.60. The maximum atomic E-state index is 12.8. The lowest BCUT2D eigenvalue weighted by molar-refractivity contribution is -0.139. The van der Waals surface area contributed by atoms with Gasteiger partial charge >= 0.3 is 6.18 Å². The third-order valence-electron chi connectivity index (χ3n) is 2.83. The molecule has 0 radical (unpaired) electrons. The number of hydrogen-bond donors (Lipinski definition) is 2. The van der Waals surface area contributed by atoms with Gasteiger partial charge in [-0.25, -0.2) is 9.97 Å². The average Bonchev–Trinajstić information content (AvgIpc) is 2.28. The van der Waals surface area contributed by atoms with Gasteiger partial charge in [-0.15, -0.1) is 0 Å². The molecular formula is C10H13F3N4. The van der Waals surface area contributed by atoms with Crippen LogP contribution in [0.1, 0.15) is 30.0 Å². The van der Waals surface area contributed by atoms with E-state index in [2.05, 4.69) is 15.3 Å². The quantitative estimate of drug-likeness (QED) is 0.789. The molecule has 0 bridgehead atoms. The van der Waals surface area contributed by atoms with E-state index in [-0.39, 0.29) is 17.6 Å².